The number of aromatic nitrogens is 3. The number of oxazole rings is 1. The Morgan fingerprint density at radius 1 is 1.00 bits per heavy atom. The molecule has 0 spiro atoms. The summed E-state index contributed by atoms with van der Waals surface area (Å²) in [6, 6.07) is 17.5. The second kappa shape index (κ2) is 5.28. The van der Waals surface area contributed by atoms with Gasteiger partial charge >= 0.3 is 0 Å². The van der Waals surface area contributed by atoms with E-state index in [1.54, 1.807) is 11.8 Å². The maximum absolute atomic E-state index is 5.98. The number of methoxy groups -OCH3 is 1. The molecule has 0 saturated carbocycles. The van der Waals surface area contributed by atoms with Crippen molar-refractivity contribution in [2.45, 2.75) is 6.92 Å². The van der Waals surface area contributed by atoms with Crippen molar-refractivity contribution in [1.29, 1.82) is 0 Å². The highest BCUT2D eigenvalue weighted by molar-refractivity contribution is 5.77. The Balaban J connectivity index is 1.84. The summed E-state index contributed by atoms with van der Waals surface area (Å²) >= 11 is 0. The predicted molar refractivity (Wildman–Crippen MR) is 87.9 cm³/mol. The lowest BCUT2D eigenvalue weighted by molar-refractivity contribution is 0.415. The first-order valence-electron chi connectivity index (χ1n) is 7.32. The summed E-state index contributed by atoms with van der Waals surface area (Å²) in [4.78, 5) is 4.59. The van der Waals surface area contributed by atoms with Crippen molar-refractivity contribution in [3.63, 3.8) is 0 Å². The van der Waals surface area contributed by atoms with Gasteiger partial charge in [0, 0.05) is 5.56 Å². The minimum Gasteiger partial charge on any atom is -0.497 e. The van der Waals surface area contributed by atoms with Gasteiger partial charge in [0.15, 0.2) is 5.52 Å². The van der Waals surface area contributed by atoms with Crippen LogP contribution in [0.4, 0.5) is 0 Å². The molecular formula is C18H15N3O2. The Bertz CT molecular complexity index is 953. The van der Waals surface area contributed by atoms with E-state index in [1.807, 2.05) is 61.5 Å². The Morgan fingerprint density at radius 2 is 1.74 bits per heavy atom. The molecule has 114 valence electrons. The van der Waals surface area contributed by atoms with Gasteiger partial charge in [0.1, 0.15) is 5.75 Å². The lowest BCUT2D eigenvalue weighted by Gasteiger charge is -2.01. The fourth-order valence-electron chi connectivity index (χ4n) is 2.54. The van der Waals surface area contributed by atoms with Gasteiger partial charge in [0.05, 0.1) is 18.5 Å². The molecule has 2 heterocycles. The van der Waals surface area contributed by atoms with E-state index >= 15 is 0 Å². The first-order chi connectivity index (χ1) is 11.3. The molecule has 4 rings (SSSR count). The number of ether oxygens (including phenoxy) is 1. The van der Waals surface area contributed by atoms with Crippen LogP contribution >= 0.6 is 0 Å². The fraction of sp³-hybridized carbons (Fsp3) is 0.111. The van der Waals surface area contributed by atoms with Gasteiger partial charge in [-0.05, 0) is 43.3 Å². The van der Waals surface area contributed by atoms with E-state index in [0.717, 1.165) is 28.2 Å². The number of benzene rings is 2. The molecule has 0 aliphatic rings. The number of fused-ring (bicyclic) bond motifs is 1. The number of rotatable bonds is 3. The second-order valence-corrected chi connectivity index (χ2v) is 5.23. The molecule has 0 bridgehead atoms. The fourth-order valence-corrected chi connectivity index (χ4v) is 2.54. The van der Waals surface area contributed by atoms with Crippen LogP contribution in [0.5, 0.6) is 5.75 Å². The maximum Gasteiger partial charge on any atom is 0.251 e. The van der Waals surface area contributed by atoms with Gasteiger partial charge in [-0.3, -0.25) is 0 Å². The SMILES string of the molecule is COc1ccc(-c2nc3c(C)nn(-c4ccccc4)c3o2)cc1. The monoisotopic (exact) mass is 305 g/mol. The average Bonchev–Trinajstić information content (AvgIpc) is 3.17. The molecule has 5 nitrogen and oxygen atoms in total. The van der Waals surface area contributed by atoms with Gasteiger partial charge in [-0.1, -0.05) is 18.2 Å². The molecule has 2 aromatic heterocycles. The van der Waals surface area contributed by atoms with E-state index in [9.17, 15) is 0 Å². The molecule has 5 heteroatoms. The van der Waals surface area contributed by atoms with E-state index < -0.39 is 0 Å². The molecule has 0 unspecified atom stereocenters. The van der Waals surface area contributed by atoms with Crippen molar-refractivity contribution in [3.05, 3.63) is 60.3 Å². The second-order valence-electron chi connectivity index (χ2n) is 5.23. The summed E-state index contributed by atoms with van der Waals surface area (Å²) in [5.41, 5.74) is 4.12. The number of hydrogen-bond acceptors (Lipinski definition) is 4. The highest BCUT2D eigenvalue weighted by atomic mass is 16.5. The van der Waals surface area contributed by atoms with Crippen molar-refractivity contribution in [2.75, 3.05) is 7.11 Å². The maximum atomic E-state index is 5.98. The van der Waals surface area contributed by atoms with Crippen molar-refractivity contribution >= 4 is 11.2 Å². The normalized spacial score (nSPS) is 11.0. The number of para-hydroxylation sites is 1. The Labute approximate surface area is 133 Å². The van der Waals surface area contributed by atoms with Crippen LogP contribution in [0.3, 0.4) is 0 Å². The van der Waals surface area contributed by atoms with Crippen LogP contribution in [-0.2, 0) is 0 Å². The van der Waals surface area contributed by atoms with Crippen molar-refractivity contribution in [2.24, 2.45) is 0 Å². The lowest BCUT2D eigenvalue weighted by atomic mass is 10.2. The minimum atomic E-state index is 0.577. The summed E-state index contributed by atoms with van der Waals surface area (Å²) in [5.74, 6) is 1.38. The van der Waals surface area contributed by atoms with Gasteiger partial charge < -0.3 is 9.15 Å². The molecule has 0 N–H and O–H groups in total. The first kappa shape index (κ1) is 13.6. The number of hydrogen-bond donors (Lipinski definition) is 0. The topological polar surface area (TPSA) is 53.1 Å². The van der Waals surface area contributed by atoms with E-state index in [0.29, 0.717) is 11.6 Å². The van der Waals surface area contributed by atoms with Crippen LogP contribution in [0.1, 0.15) is 5.69 Å². The summed E-state index contributed by atoms with van der Waals surface area (Å²) < 4.78 is 12.9. The predicted octanol–water partition coefficient (Wildman–Crippen LogP) is 4.00. The highest BCUT2D eigenvalue weighted by Crippen LogP contribution is 2.28. The molecule has 23 heavy (non-hydrogen) atoms. The Morgan fingerprint density at radius 3 is 2.43 bits per heavy atom. The van der Waals surface area contributed by atoms with Crippen LogP contribution in [0, 0.1) is 6.92 Å². The molecule has 2 aromatic carbocycles. The zero-order valence-electron chi connectivity index (χ0n) is 12.9. The third-order valence-corrected chi connectivity index (χ3v) is 3.73. The summed E-state index contributed by atoms with van der Waals surface area (Å²) in [5, 5.41) is 4.52. The largest absolute Gasteiger partial charge is 0.497 e. The van der Waals surface area contributed by atoms with Crippen molar-refractivity contribution in [3.8, 4) is 22.9 Å². The van der Waals surface area contributed by atoms with E-state index in [2.05, 4.69) is 10.1 Å². The van der Waals surface area contributed by atoms with E-state index in [-0.39, 0.29) is 0 Å². The summed E-state index contributed by atoms with van der Waals surface area (Å²) in [6.45, 7) is 1.93. The van der Waals surface area contributed by atoms with Crippen LogP contribution < -0.4 is 4.74 Å². The molecule has 0 saturated heterocycles. The van der Waals surface area contributed by atoms with E-state index in [1.165, 1.54) is 0 Å². The molecule has 0 aliphatic heterocycles. The molecule has 0 radical (unpaired) electrons. The average molecular weight is 305 g/mol. The number of nitrogens with zero attached hydrogens (tertiary/aromatic N) is 3. The van der Waals surface area contributed by atoms with Crippen molar-refractivity contribution in [1.82, 2.24) is 14.8 Å². The third kappa shape index (κ3) is 2.26. The molecule has 4 aromatic rings. The van der Waals surface area contributed by atoms with Gasteiger partial charge in [0.25, 0.3) is 5.71 Å². The third-order valence-electron chi connectivity index (χ3n) is 3.73. The minimum absolute atomic E-state index is 0.577. The van der Waals surface area contributed by atoms with Crippen LogP contribution in [-0.4, -0.2) is 21.9 Å². The molecule has 0 amide bonds. The van der Waals surface area contributed by atoms with Gasteiger partial charge in [-0.25, -0.2) is 4.98 Å². The smallest absolute Gasteiger partial charge is 0.251 e. The molecule has 0 atom stereocenters. The first-order valence-corrected chi connectivity index (χ1v) is 7.32. The van der Waals surface area contributed by atoms with Crippen LogP contribution in [0.15, 0.2) is 59.0 Å². The van der Waals surface area contributed by atoms with Crippen LogP contribution in [0.2, 0.25) is 0 Å². The molecular weight excluding hydrogens is 290 g/mol. The molecule has 0 aliphatic carbocycles. The van der Waals surface area contributed by atoms with E-state index in [4.69, 9.17) is 9.15 Å². The summed E-state index contributed by atoms with van der Waals surface area (Å²) in [7, 11) is 1.65. The molecule has 0 fully saturated rings. The van der Waals surface area contributed by atoms with Gasteiger partial charge in [-0.2, -0.15) is 9.78 Å². The standard InChI is InChI=1S/C18H15N3O2/c1-12-16-18(21(20-12)14-6-4-3-5-7-14)23-17(19-16)13-8-10-15(22-2)11-9-13/h3-11H,1-2H3. The zero-order chi connectivity index (χ0) is 15.8. The summed E-state index contributed by atoms with van der Waals surface area (Å²) in [6.07, 6.45) is 0. The van der Waals surface area contributed by atoms with Crippen LogP contribution in [0.25, 0.3) is 28.4 Å². The lowest BCUT2D eigenvalue weighted by Crippen LogP contribution is -1.95. The zero-order valence-corrected chi connectivity index (χ0v) is 12.9. The highest BCUT2D eigenvalue weighted by Gasteiger charge is 2.17. The Kier molecular flexibility index (Phi) is 3.12. The van der Waals surface area contributed by atoms with Crippen molar-refractivity contribution < 1.29 is 9.15 Å². The van der Waals surface area contributed by atoms with Gasteiger partial charge in [-0.15, -0.1) is 0 Å². The number of aryl methyl sites for hydroxylation is 1. The van der Waals surface area contributed by atoms with Gasteiger partial charge in [0.2, 0.25) is 5.89 Å². The quantitative estimate of drug-likeness (QED) is 0.574. The Hall–Kier alpha value is -3.08.